The van der Waals surface area contributed by atoms with Crippen molar-refractivity contribution < 1.29 is 26.7 Å². The number of anilines is 3. The van der Waals surface area contributed by atoms with E-state index in [2.05, 4.69) is 26.7 Å². The van der Waals surface area contributed by atoms with Crippen LogP contribution in [-0.2, 0) is 15.8 Å². The fourth-order valence-electron chi connectivity index (χ4n) is 3.00. The van der Waals surface area contributed by atoms with Crippen molar-refractivity contribution in [3.63, 3.8) is 0 Å². The number of alkyl halides is 2. The Morgan fingerprint density at radius 1 is 0.971 bits per heavy atom. The third-order valence-electron chi connectivity index (χ3n) is 4.55. The highest BCUT2D eigenvalue weighted by Gasteiger charge is 2.13. The van der Waals surface area contributed by atoms with Crippen molar-refractivity contribution in [1.29, 1.82) is 0 Å². The molecule has 0 saturated carbocycles. The number of carbonyl (C=O) groups excluding carboxylic acids is 1. The number of amides is 1. The van der Waals surface area contributed by atoms with E-state index in [0.717, 1.165) is 0 Å². The summed E-state index contributed by atoms with van der Waals surface area (Å²) in [5.74, 6) is -0.545. The molecule has 34 heavy (non-hydrogen) atoms. The zero-order valence-corrected chi connectivity index (χ0v) is 18.8. The molecule has 178 valence electrons. The minimum absolute atomic E-state index is 0.0271. The first-order chi connectivity index (χ1) is 16.3. The van der Waals surface area contributed by atoms with E-state index >= 15 is 0 Å². The van der Waals surface area contributed by atoms with Crippen LogP contribution in [0.3, 0.4) is 0 Å². The van der Waals surface area contributed by atoms with Crippen LogP contribution in [0.15, 0.2) is 85.5 Å². The van der Waals surface area contributed by atoms with Gasteiger partial charge in [0.2, 0.25) is 10.0 Å². The predicted octanol–water partition coefficient (Wildman–Crippen LogP) is 4.89. The van der Waals surface area contributed by atoms with Crippen LogP contribution in [0.1, 0.15) is 15.9 Å². The van der Waals surface area contributed by atoms with Crippen LogP contribution in [0.5, 0.6) is 5.75 Å². The molecule has 0 atom stereocenters. The van der Waals surface area contributed by atoms with Crippen molar-refractivity contribution in [1.82, 2.24) is 4.72 Å². The summed E-state index contributed by atoms with van der Waals surface area (Å²) in [5.41, 5.74) is 2.51. The molecule has 0 aromatic heterocycles. The Morgan fingerprint density at radius 3 is 2.26 bits per heavy atom. The molecular weight excluding hydrogens is 464 g/mol. The maximum absolute atomic E-state index is 12.9. The molecule has 0 bridgehead atoms. The number of para-hydroxylation sites is 1. The van der Waals surface area contributed by atoms with Gasteiger partial charge in [0.15, 0.2) is 0 Å². The van der Waals surface area contributed by atoms with Gasteiger partial charge in [-0.25, -0.2) is 13.1 Å². The largest absolute Gasteiger partial charge is 0.435 e. The fraction of sp³-hybridized carbons (Fsp3) is 0.125. The Morgan fingerprint density at radius 2 is 1.62 bits per heavy atom. The number of ether oxygens (including phenoxy) is 1. The van der Waals surface area contributed by atoms with E-state index in [4.69, 9.17) is 0 Å². The first-order valence-corrected chi connectivity index (χ1v) is 11.8. The Hall–Kier alpha value is -3.76. The summed E-state index contributed by atoms with van der Waals surface area (Å²) in [5, 5.41) is 5.87. The van der Waals surface area contributed by atoms with Crippen LogP contribution in [0.4, 0.5) is 25.8 Å². The Bertz CT molecular complexity index is 1230. The molecule has 7 nitrogen and oxygen atoms in total. The monoisotopic (exact) mass is 487 g/mol. The van der Waals surface area contributed by atoms with E-state index in [9.17, 15) is 22.0 Å². The highest BCUT2D eigenvalue weighted by atomic mass is 32.2. The Balaban J connectivity index is 1.67. The number of nitrogens with one attached hydrogen (secondary N) is 3. The van der Waals surface area contributed by atoms with Gasteiger partial charge in [0.25, 0.3) is 5.91 Å². The van der Waals surface area contributed by atoms with Crippen molar-refractivity contribution in [3.05, 3.63) is 96.6 Å². The Kier molecular flexibility index (Phi) is 8.34. The zero-order chi connectivity index (χ0) is 24.6. The van der Waals surface area contributed by atoms with E-state index in [0.29, 0.717) is 28.2 Å². The lowest BCUT2D eigenvalue weighted by Gasteiger charge is -2.13. The lowest BCUT2D eigenvalue weighted by atomic mass is 10.1. The summed E-state index contributed by atoms with van der Waals surface area (Å²) >= 11 is 0. The number of hydrogen-bond acceptors (Lipinski definition) is 5. The second-order valence-corrected chi connectivity index (χ2v) is 8.93. The van der Waals surface area contributed by atoms with Crippen molar-refractivity contribution in [2.75, 3.05) is 17.2 Å². The van der Waals surface area contributed by atoms with Crippen LogP contribution in [0.25, 0.3) is 0 Å². The van der Waals surface area contributed by atoms with E-state index in [1.165, 1.54) is 18.2 Å². The predicted molar refractivity (Wildman–Crippen MR) is 128 cm³/mol. The molecule has 0 unspecified atom stereocenters. The number of sulfonamides is 1. The Labute approximate surface area is 196 Å². The SMILES string of the molecule is C=CCNS(=O)(=O)Cc1ccc(NC(=O)c2ccccc2Nc2ccc(OC(F)F)cc2)cc1. The molecule has 3 aromatic rings. The maximum atomic E-state index is 12.9. The van der Waals surface area contributed by atoms with E-state index in [1.807, 2.05) is 0 Å². The second kappa shape index (κ2) is 11.4. The van der Waals surface area contributed by atoms with Crippen molar-refractivity contribution >= 4 is 33.0 Å². The summed E-state index contributed by atoms with van der Waals surface area (Å²) in [7, 11) is -3.48. The molecule has 0 aliphatic heterocycles. The van der Waals surface area contributed by atoms with Crippen LogP contribution in [0, 0.1) is 0 Å². The molecule has 3 aromatic carbocycles. The van der Waals surface area contributed by atoms with Gasteiger partial charge in [0.1, 0.15) is 5.75 Å². The van der Waals surface area contributed by atoms with E-state index in [-0.39, 0.29) is 24.0 Å². The fourth-order valence-corrected chi connectivity index (χ4v) is 4.11. The molecule has 0 heterocycles. The normalized spacial score (nSPS) is 11.1. The third-order valence-corrected chi connectivity index (χ3v) is 5.87. The average Bonchev–Trinajstić information content (AvgIpc) is 2.80. The number of rotatable bonds is 11. The molecule has 3 N–H and O–H groups in total. The summed E-state index contributed by atoms with van der Waals surface area (Å²) in [6.45, 7) is 0.719. The van der Waals surface area contributed by atoms with Crippen molar-refractivity contribution in [2.24, 2.45) is 0 Å². The minimum Gasteiger partial charge on any atom is -0.435 e. The summed E-state index contributed by atoms with van der Waals surface area (Å²) in [6.07, 6.45) is 1.46. The van der Waals surface area contributed by atoms with Crippen molar-refractivity contribution in [3.8, 4) is 5.75 Å². The number of halogens is 2. The van der Waals surface area contributed by atoms with Gasteiger partial charge in [0.05, 0.1) is 17.0 Å². The van der Waals surface area contributed by atoms with E-state index in [1.54, 1.807) is 60.7 Å². The average molecular weight is 488 g/mol. The lowest BCUT2D eigenvalue weighted by molar-refractivity contribution is -0.0498. The van der Waals surface area contributed by atoms with Crippen LogP contribution in [0.2, 0.25) is 0 Å². The van der Waals surface area contributed by atoms with Gasteiger partial charge in [0, 0.05) is 17.9 Å². The van der Waals surface area contributed by atoms with E-state index < -0.39 is 16.6 Å². The number of carbonyl (C=O) groups is 1. The maximum Gasteiger partial charge on any atom is 0.387 e. The molecule has 0 radical (unpaired) electrons. The quantitative estimate of drug-likeness (QED) is 0.335. The van der Waals surface area contributed by atoms with Crippen molar-refractivity contribution in [2.45, 2.75) is 12.4 Å². The molecule has 0 aliphatic rings. The lowest BCUT2D eigenvalue weighted by Crippen LogP contribution is -2.25. The number of benzene rings is 3. The highest BCUT2D eigenvalue weighted by Crippen LogP contribution is 2.24. The summed E-state index contributed by atoms with van der Waals surface area (Å²) in [6, 6.07) is 19.2. The van der Waals surface area contributed by atoms with Gasteiger partial charge in [-0.15, -0.1) is 6.58 Å². The molecular formula is C24H23F2N3O4S. The van der Waals surface area contributed by atoms with Gasteiger partial charge in [-0.3, -0.25) is 4.79 Å². The molecule has 0 fully saturated rings. The highest BCUT2D eigenvalue weighted by molar-refractivity contribution is 7.88. The topological polar surface area (TPSA) is 96.5 Å². The first-order valence-electron chi connectivity index (χ1n) is 10.2. The third kappa shape index (κ3) is 7.39. The molecule has 1 amide bonds. The summed E-state index contributed by atoms with van der Waals surface area (Å²) in [4.78, 5) is 12.9. The summed E-state index contributed by atoms with van der Waals surface area (Å²) < 4.78 is 55.3. The number of hydrogen-bond donors (Lipinski definition) is 3. The molecule has 0 aliphatic carbocycles. The smallest absolute Gasteiger partial charge is 0.387 e. The van der Waals surface area contributed by atoms with Gasteiger partial charge < -0.3 is 15.4 Å². The van der Waals surface area contributed by atoms with Crippen LogP contribution in [-0.4, -0.2) is 27.5 Å². The zero-order valence-electron chi connectivity index (χ0n) is 18.0. The van der Waals surface area contributed by atoms with Gasteiger partial charge >= 0.3 is 6.61 Å². The second-order valence-electron chi connectivity index (χ2n) is 7.12. The van der Waals surface area contributed by atoms with Gasteiger partial charge in [-0.1, -0.05) is 30.3 Å². The molecule has 3 rings (SSSR count). The van der Waals surface area contributed by atoms with Gasteiger partial charge in [-0.05, 0) is 54.1 Å². The van der Waals surface area contributed by atoms with Gasteiger partial charge in [-0.2, -0.15) is 8.78 Å². The molecule has 0 spiro atoms. The molecule has 10 heteroatoms. The minimum atomic E-state index is -3.48. The first kappa shape index (κ1) is 24.9. The van der Waals surface area contributed by atoms with Crippen LogP contribution >= 0.6 is 0 Å². The van der Waals surface area contributed by atoms with Crippen LogP contribution < -0.4 is 20.1 Å². The molecule has 0 saturated heterocycles. The standard InChI is InChI=1S/C24H23F2N3O4S/c1-2-15-27-34(31,32)16-17-7-9-19(10-8-17)29-23(30)21-5-3-4-6-22(21)28-18-11-13-20(14-12-18)33-24(25)26/h2-14,24,27-28H,1,15-16H2,(H,29,30).